The molecule has 1 saturated carbocycles. The lowest BCUT2D eigenvalue weighted by Crippen LogP contribution is -2.29. The average molecular weight is 601 g/mol. The average Bonchev–Trinajstić information content (AvgIpc) is 3.25. The molecular formula is C31H32ClF3N4O3. The van der Waals surface area contributed by atoms with Gasteiger partial charge in [-0.2, -0.15) is 0 Å². The molecule has 0 unspecified atom stereocenters. The van der Waals surface area contributed by atoms with E-state index >= 15 is 0 Å². The second-order valence-corrected chi connectivity index (χ2v) is 11.9. The Balaban J connectivity index is 1.40. The van der Waals surface area contributed by atoms with Crippen molar-refractivity contribution in [3.63, 3.8) is 0 Å². The third-order valence-electron chi connectivity index (χ3n) is 7.25. The molecule has 3 aromatic carbocycles. The van der Waals surface area contributed by atoms with Crippen molar-refractivity contribution in [3.05, 3.63) is 71.8 Å². The minimum atomic E-state index is -4.76. The number of hydrogen-bond acceptors (Lipinski definition) is 5. The number of hydrogen-bond donors (Lipinski definition) is 2. The van der Waals surface area contributed by atoms with Crippen LogP contribution in [0.15, 0.2) is 66.7 Å². The van der Waals surface area contributed by atoms with Gasteiger partial charge in [0.2, 0.25) is 5.95 Å². The predicted molar refractivity (Wildman–Crippen MR) is 158 cm³/mol. The van der Waals surface area contributed by atoms with Crippen molar-refractivity contribution in [1.82, 2.24) is 9.55 Å². The number of carbonyl (C=O) groups excluding carboxylic acids is 1. The van der Waals surface area contributed by atoms with Crippen LogP contribution in [-0.4, -0.2) is 28.4 Å². The number of para-hydroxylation sites is 1. The van der Waals surface area contributed by atoms with Crippen LogP contribution in [0.3, 0.4) is 0 Å². The van der Waals surface area contributed by atoms with Crippen LogP contribution >= 0.6 is 11.6 Å². The molecule has 0 spiro atoms. The number of halogens is 4. The molecule has 2 atom stereocenters. The summed E-state index contributed by atoms with van der Waals surface area (Å²) in [5, 5.41) is 6.45. The van der Waals surface area contributed by atoms with Gasteiger partial charge in [0.05, 0.1) is 21.7 Å². The number of amides is 1. The zero-order chi connectivity index (χ0) is 30.1. The topological polar surface area (TPSA) is 77.4 Å². The Morgan fingerprint density at radius 3 is 2.48 bits per heavy atom. The summed E-state index contributed by atoms with van der Waals surface area (Å²) in [6.45, 7) is 6.56. The fourth-order valence-electron chi connectivity index (χ4n) is 5.89. The Morgan fingerprint density at radius 2 is 1.79 bits per heavy atom. The Morgan fingerprint density at radius 1 is 1.07 bits per heavy atom. The van der Waals surface area contributed by atoms with Crippen LogP contribution in [0.1, 0.15) is 46.1 Å². The molecule has 1 amide bonds. The zero-order valence-electron chi connectivity index (χ0n) is 23.5. The second-order valence-electron chi connectivity index (χ2n) is 11.5. The van der Waals surface area contributed by atoms with Crippen LogP contribution in [-0.2, 0) is 4.79 Å². The van der Waals surface area contributed by atoms with Crippen LogP contribution in [0.25, 0.3) is 11.0 Å². The van der Waals surface area contributed by atoms with Crippen LogP contribution in [0.2, 0.25) is 5.02 Å². The van der Waals surface area contributed by atoms with E-state index in [0.717, 1.165) is 24.8 Å². The number of nitrogens with one attached hydrogen (secondary N) is 2. The van der Waals surface area contributed by atoms with E-state index < -0.39 is 6.36 Å². The van der Waals surface area contributed by atoms with Crippen molar-refractivity contribution >= 4 is 45.9 Å². The molecular weight excluding hydrogens is 569 g/mol. The molecule has 1 fully saturated rings. The van der Waals surface area contributed by atoms with Crippen molar-refractivity contribution < 1.29 is 27.4 Å². The maximum atomic E-state index is 12.6. The summed E-state index contributed by atoms with van der Waals surface area (Å²) in [4.78, 5) is 17.3. The van der Waals surface area contributed by atoms with Crippen molar-refractivity contribution in [2.45, 2.75) is 52.4 Å². The highest BCUT2D eigenvalue weighted by Gasteiger charge is 2.35. The fraction of sp³-hybridized carbons (Fsp3) is 0.355. The predicted octanol–water partition coefficient (Wildman–Crippen LogP) is 8.74. The summed E-state index contributed by atoms with van der Waals surface area (Å²) in [6.07, 6.45) is -1.74. The van der Waals surface area contributed by atoms with Crippen molar-refractivity contribution in [1.29, 1.82) is 0 Å². The third-order valence-corrected chi connectivity index (χ3v) is 7.58. The highest BCUT2D eigenvalue weighted by Crippen LogP contribution is 2.46. The van der Waals surface area contributed by atoms with Gasteiger partial charge in [0.1, 0.15) is 11.5 Å². The van der Waals surface area contributed by atoms with Gasteiger partial charge in [0.25, 0.3) is 5.91 Å². The molecule has 7 nitrogen and oxygen atoms in total. The number of nitrogens with zero attached hydrogens (tertiary/aromatic N) is 2. The molecule has 0 saturated heterocycles. The molecule has 1 aliphatic rings. The maximum absolute atomic E-state index is 12.6. The number of rotatable bonds is 8. The first-order valence-corrected chi connectivity index (χ1v) is 14.0. The van der Waals surface area contributed by atoms with E-state index in [1.165, 1.54) is 24.3 Å². The van der Waals surface area contributed by atoms with Crippen molar-refractivity contribution in [3.8, 4) is 11.5 Å². The van der Waals surface area contributed by atoms with E-state index in [4.69, 9.17) is 21.3 Å². The zero-order valence-corrected chi connectivity index (χ0v) is 24.2. The highest BCUT2D eigenvalue weighted by molar-refractivity contribution is 6.33. The minimum Gasteiger partial charge on any atom is -0.484 e. The van der Waals surface area contributed by atoms with Gasteiger partial charge in [-0.25, -0.2) is 4.98 Å². The molecule has 222 valence electrons. The second kappa shape index (κ2) is 11.8. The normalized spacial score (nSPS) is 18.5. The number of imidazole rings is 1. The molecule has 1 aromatic heterocycles. The monoisotopic (exact) mass is 600 g/mol. The van der Waals surface area contributed by atoms with E-state index in [-0.39, 0.29) is 29.7 Å². The van der Waals surface area contributed by atoms with Crippen LogP contribution in [0, 0.1) is 11.3 Å². The number of anilines is 3. The Labute approximate surface area is 247 Å². The SMILES string of the molecule is C[C@H]1C[C@@H](n2c(Nc3ccc(OC(F)(F)F)cc3)nc3cc(OCC(=O)Nc4ccccc4Cl)ccc32)CC(C)(C)C1. The fourth-order valence-corrected chi connectivity index (χ4v) is 6.07. The summed E-state index contributed by atoms with van der Waals surface area (Å²) in [5.41, 5.74) is 2.74. The molecule has 11 heteroatoms. The Hall–Kier alpha value is -3.92. The molecule has 2 N–H and O–H groups in total. The van der Waals surface area contributed by atoms with E-state index in [2.05, 4.69) is 40.7 Å². The number of benzene rings is 3. The summed E-state index contributed by atoms with van der Waals surface area (Å²) < 4.78 is 49.8. The lowest BCUT2D eigenvalue weighted by Gasteiger charge is -2.40. The minimum absolute atomic E-state index is 0.130. The van der Waals surface area contributed by atoms with Gasteiger partial charge in [-0.1, -0.05) is 44.5 Å². The Bertz CT molecular complexity index is 1570. The number of ether oxygens (including phenoxy) is 2. The lowest BCUT2D eigenvalue weighted by molar-refractivity contribution is -0.274. The molecule has 5 rings (SSSR count). The number of fused-ring (bicyclic) bond motifs is 1. The van der Waals surface area contributed by atoms with Crippen molar-refractivity contribution in [2.75, 3.05) is 17.2 Å². The first-order valence-electron chi connectivity index (χ1n) is 13.7. The van der Waals surface area contributed by atoms with Gasteiger partial charge in [0, 0.05) is 17.8 Å². The van der Waals surface area contributed by atoms with Gasteiger partial charge in [-0.15, -0.1) is 13.2 Å². The first-order chi connectivity index (χ1) is 19.8. The number of alkyl halides is 3. The first kappa shape index (κ1) is 29.6. The molecule has 0 bridgehead atoms. The molecule has 1 heterocycles. The quantitative estimate of drug-likeness (QED) is 0.211. The largest absolute Gasteiger partial charge is 0.573 e. The van der Waals surface area contributed by atoms with Gasteiger partial charge in [0.15, 0.2) is 6.61 Å². The van der Waals surface area contributed by atoms with E-state index in [9.17, 15) is 18.0 Å². The lowest BCUT2D eigenvalue weighted by atomic mass is 9.70. The standard InChI is InChI=1S/C31H32ClF3N4O3/c1-19-14-21(17-30(2,3)16-19)39-27-13-12-23(41-18-28(40)37-25-7-5-4-6-24(25)32)15-26(27)38-29(39)36-20-8-10-22(11-9-20)42-31(33,34)35/h4-13,15,19,21H,14,16-18H2,1-3H3,(H,36,38)(H,37,40)/t19-,21+/m0/s1. The summed E-state index contributed by atoms with van der Waals surface area (Å²) in [6, 6.07) is 18.1. The van der Waals surface area contributed by atoms with Gasteiger partial charge >= 0.3 is 6.36 Å². The van der Waals surface area contributed by atoms with Crippen LogP contribution in [0.4, 0.5) is 30.5 Å². The van der Waals surface area contributed by atoms with Crippen LogP contribution < -0.4 is 20.1 Å². The van der Waals surface area contributed by atoms with Crippen LogP contribution in [0.5, 0.6) is 11.5 Å². The summed E-state index contributed by atoms with van der Waals surface area (Å²) in [5.74, 6) is 0.885. The third kappa shape index (κ3) is 7.28. The van der Waals surface area contributed by atoms with Gasteiger partial charge in [-0.05, 0) is 79.1 Å². The molecule has 42 heavy (non-hydrogen) atoms. The van der Waals surface area contributed by atoms with Crippen molar-refractivity contribution in [2.24, 2.45) is 11.3 Å². The maximum Gasteiger partial charge on any atom is 0.573 e. The van der Waals surface area contributed by atoms with E-state index in [0.29, 0.717) is 39.5 Å². The number of aromatic nitrogens is 2. The summed E-state index contributed by atoms with van der Waals surface area (Å²) in [7, 11) is 0. The Kier molecular flexibility index (Phi) is 8.28. The van der Waals surface area contributed by atoms with E-state index in [1.54, 1.807) is 36.4 Å². The molecule has 0 aliphatic heterocycles. The van der Waals surface area contributed by atoms with E-state index in [1.807, 2.05) is 6.07 Å². The molecule has 0 radical (unpaired) electrons. The highest BCUT2D eigenvalue weighted by atomic mass is 35.5. The molecule has 4 aromatic rings. The number of carbonyl (C=O) groups is 1. The van der Waals surface area contributed by atoms with Gasteiger partial charge < -0.3 is 24.7 Å². The summed E-state index contributed by atoms with van der Waals surface area (Å²) >= 11 is 6.13. The van der Waals surface area contributed by atoms with Gasteiger partial charge in [-0.3, -0.25) is 4.79 Å². The molecule has 1 aliphatic carbocycles. The smallest absolute Gasteiger partial charge is 0.484 e.